The van der Waals surface area contributed by atoms with E-state index in [1.54, 1.807) is 0 Å². The molecule has 0 bridgehead atoms. The van der Waals surface area contributed by atoms with Crippen LogP contribution in [0.1, 0.15) is 44.2 Å². The smallest absolute Gasteiger partial charge is 0.0404 e. The fourth-order valence-corrected chi connectivity index (χ4v) is 3.23. The van der Waals surface area contributed by atoms with E-state index < -0.39 is 0 Å². The van der Waals surface area contributed by atoms with E-state index in [-0.39, 0.29) is 0 Å². The summed E-state index contributed by atoms with van der Waals surface area (Å²) >= 11 is 0. The first-order chi connectivity index (χ1) is 8.67. The van der Waals surface area contributed by atoms with E-state index >= 15 is 0 Å². The van der Waals surface area contributed by atoms with Gasteiger partial charge in [-0.3, -0.25) is 0 Å². The van der Waals surface area contributed by atoms with Crippen molar-refractivity contribution in [3.05, 3.63) is 29.3 Å². The van der Waals surface area contributed by atoms with Crippen molar-refractivity contribution in [2.75, 3.05) is 11.4 Å². The Hall–Kier alpha value is -1.02. The number of nitrogens with zero attached hydrogens (tertiary/aromatic N) is 1. The molecular weight excluding hydrogens is 220 g/mol. The molecule has 0 saturated carbocycles. The van der Waals surface area contributed by atoms with Gasteiger partial charge in [-0.2, -0.15) is 0 Å². The van der Waals surface area contributed by atoms with Crippen molar-refractivity contribution in [3.63, 3.8) is 0 Å². The van der Waals surface area contributed by atoms with Crippen molar-refractivity contribution in [1.29, 1.82) is 0 Å². The minimum atomic E-state index is 0.661. The summed E-state index contributed by atoms with van der Waals surface area (Å²) in [5.41, 5.74) is 9.94. The molecule has 1 saturated heterocycles. The Morgan fingerprint density at radius 2 is 2.11 bits per heavy atom. The minimum Gasteiger partial charge on any atom is -0.366 e. The Morgan fingerprint density at radius 3 is 2.78 bits per heavy atom. The summed E-state index contributed by atoms with van der Waals surface area (Å²) in [7, 11) is 0. The van der Waals surface area contributed by atoms with Gasteiger partial charge < -0.3 is 10.6 Å². The highest BCUT2D eigenvalue weighted by Gasteiger charge is 2.30. The van der Waals surface area contributed by atoms with Crippen LogP contribution >= 0.6 is 0 Å². The van der Waals surface area contributed by atoms with Crippen molar-refractivity contribution < 1.29 is 0 Å². The van der Waals surface area contributed by atoms with E-state index in [2.05, 4.69) is 43.9 Å². The molecule has 100 valence electrons. The van der Waals surface area contributed by atoms with E-state index in [4.69, 9.17) is 5.73 Å². The molecule has 2 heteroatoms. The normalized spacial score (nSPS) is 23.7. The van der Waals surface area contributed by atoms with Gasteiger partial charge in [0, 0.05) is 17.8 Å². The molecule has 0 amide bonds. The Morgan fingerprint density at radius 1 is 1.33 bits per heavy atom. The Bertz CT molecular complexity index is 400. The second-order valence-corrected chi connectivity index (χ2v) is 5.57. The number of hydrogen-bond donors (Lipinski definition) is 1. The molecule has 2 rings (SSSR count). The summed E-state index contributed by atoms with van der Waals surface area (Å²) in [6, 6.07) is 8.20. The third-order valence-corrected chi connectivity index (χ3v) is 4.18. The molecule has 0 aromatic heterocycles. The highest BCUT2D eigenvalue weighted by molar-refractivity contribution is 5.57. The van der Waals surface area contributed by atoms with Crippen LogP contribution in [0.2, 0.25) is 0 Å². The van der Waals surface area contributed by atoms with Gasteiger partial charge in [0.15, 0.2) is 0 Å². The van der Waals surface area contributed by atoms with Gasteiger partial charge in [0.2, 0.25) is 0 Å². The molecule has 2 nitrogen and oxygen atoms in total. The molecule has 2 N–H and O–H groups in total. The fraction of sp³-hybridized carbons (Fsp3) is 0.625. The molecule has 18 heavy (non-hydrogen) atoms. The third-order valence-electron chi connectivity index (χ3n) is 4.18. The van der Waals surface area contributed by atoms with Crippen LogP contribution in [0.25, 0.3) is 0 Å². The lowest BCUT2D eigenvalue weighted by Gasteiger charge is -2.32. The molecule has 1 aliphatic heterocycles. The zero-order valence-electron chi connectivity index (χ0n) is 11.9. The van der Waals surface area contributed by atoms with E-state index in [1.807, 2.05) is 0 Å². The number of nitrogens with two attached hydrogens (primary N) is 1. The Kier molecular flexibility index (Phi) is 4.28. The number of rotatable bonds is 4. The molecule has 1 aliphatic rings. The molecule has 0 aliphatic carbocycles. The van der Waals surface area contributed by atoms with Gasteiger partial charge in [0.1, 0.15) is 0 Å². The topological polar surface area (TPSA) is 29.3 Å². The van der Waals surface area contributed by atoms with E-state index in [9.17, 15) is 0 Å². The van der Waals surface area contributed by atoms with Gasteiger partial charge in [0.05, 0.1) is 0 Å². The molecule has 2 unspecified atom stereocenters. The Balaban J connectivity index is 2.36. The lowest BCUT2D eigenvalue weighted by atomic mass is 10.0. The largest absolute Gasteiger partial charge is 0.366 e. The Labute approximate surface area is 111 Å². The predicted octanol–water partition coefficient (Wildman–Crippen LogP) is 3.26. The maximum absolute atomic E-state index is 5.76. The number of hydrogen-bond acceptors (Lipinski definition) is 2. The summed E-state index contributed by atoms with van der Waals surface area (Å²) in [4.78, 5) is 2.63. The number of anilines is 1. The number of benzene rings is 1. The summed E-state index contributed by atoms with van der Waals surface area (Å²) in [6.45, 7) is 7.54. The lowest BCUT2D eigenvalue weighted by molar-refractivity contribution is 0.625. The first kappa shape index (κ1) is 13.4. The van der Waals surface area contributed by atoms with E-state index in [0.717, 1.165) is 13.0 Å². The summed E-state index contributed by atoms with van der Waals surface area (Å²) < 4.78 is 0. The molecule has 1 fully saturated rings. The van der Waals surface area contributed by atoms with Crippen molar-refractivity contribution >= 4 is 5.69 Å². The highest BCUT2D eigenvalue weighted by atomic mass is 15.2. The summed E-state index contributed by atoms with van der Waals surface area (Å²) in [5.74, 6) is 0. The first-order valence-electron chi connectivity index (χ1n) is 7.25. The molecule has 1 aromatic carbocycles. The summed E-state index contributed by atoms with van der Waals surface area (Å²) in [5, 5.41) is 0. The van der Waals surface area contributed by atoms with Crippen LogP contribution < -0.4 is 10.6 Å². The van der Waals surface area contributed by atoms with Gasteiger partial charge >= 0.3 is 0 Å². The molecule has 0 spiro atoms. The predicted molar refractivity (Wildman–Crippen MR) is 79.2 cm³/mol. The van der Waals surface area contributed by atoms with Crippen LogP contribution in [-0.4, -0.2) is 18.6 Å². The standard InChI is InChI=1S/C16H26N2/c1-4-15-7-6-13(3)18(15)16-8-5-12(2)11-14(16)9-10-17/h5,8,11,13,15H,4,6-7,9-10,17H2,1-3H3. The molecule has 1 heterocycles. The van der Waals surface area contributed by atoms with Crippen molar-refractivity contribution in [3.8, 4) is 0 Å². The van der Waals surface area contributed by atoms with Gasteiger partial charge in [-0.15, -0.1) is 0 Å². The van der Waals surface area contributed by atoms with Crippen molar-refractivity contribution in [2.45, 2.75) is 58.5 Å². The zero-order chi connectivity index (χ0) is 13.1. The van der Waals surface area contributed by atoms with Gasteiger partial charge in [-0.25, -0.2) is 0 Å². The van der Waals surface area contributed by atoms with Crippen molar-refractivity contribution in [2.24, 2.45) is 5.73 Å². The van der Waals surface area contributed by atoms with Crippen LogP contribution in [0.4, 0.5) is 5.69 Å². The third kappa shape index (κ3) is 2.54. The van der Waals surface area contributed by atoms with Gasteiger partial charge in [-0.1, -0.05) is 24.6 Å². The van der Waals surface area contributed by atoms with Crippen LogP contribution in [0.3, 0.4) is 0 Å². The first-order valence-corrected chi connectivity index (χ1v) is 7.25. The second kappa shape index (κ2) is 5.75. The minimum absolute atomic E-state index is 0.661. The monoisotopic (exact) mass is 246 g/mol. The fourth-order valence-electron chi connectivity index (χ4n) is 3.23. The SMILES string of the molecule is CCC1CCC(C)N1c1ccc(C)cc1CCN. The molecular formula is C16H26N2. The average molecular weight is 246 g/mol. The average Bonchev–Trinajstić information content (AvgIpc) is 2.71. The van der Waals surface area contributed by atoms with Crippen LogP contribution in [0.5, 0.6) is 0 Å². The maximum atomic E-state index is 5.76. The quantitative estimate of drug-likeness (QED) is 0.883. The summed E-state index contributed by atoms with van der Waals surface area (Å²) in [6.07, 6.45) is 4.86. The molecule has 1 aromatic rings. The molecule has 0 radical (unpaired) electrons. The second-order valence-electron chi connectivity index (χ2n) is 5.57. The number of aryl methyl sites for hydroxylation is 1. The van der Waals surface area contributed by atoms with E-state index in [1.165, 1.54) is 36.1 Å². The zero-order valence-corrected chi connectivity index (χ0v) is 11.9. The van der Waals surface area contributed by atoms with Gasteiger partial charge in [0.25, 0.3) is 0 Å². The van der Waals surface area contributed by atoms with Crippen LogP contribution in [0.15, 0.2) is 18.2 Å². The maximum Gasteiger partial charge on any atom is 0.0404 e. The molecule has 2 atom stereocenters. The van der Waals surface area contributed by atoms with Crippen LogP contribution in [0, 0.1) is 6.92 Å². The lowest BCUT2D eigenvalue weighted by Crippen LogP contribution is -2.35. The van der Waals surface area contributed by atoms with Crippen molar-refractivity contribution in [1.82, 2.24) is 0 Å². The van der Waals surface area contributed by atoms with E-state index in [0.29, 0.717) is 12.1 Å². The van der Waals surface area contributed by atoms with Gasteiger partial charge in [-0.05, 0) is 57.7 Å². The van der Waals surface area contributed by atoms with Crippen LogP contribution in [-0.2, 0) is 6.42 Å². The highest BCUT2D eigenvalue weighted by Crippen LogP contribution is 2.34.